The van der Waals surface area contributed by atoms with Crippen LogP contribution in [0.25, 0.3) is 11.3 Å². The van der Waals surface area contributed by atoms with Crippen molar-refractivity contribution < 1.29 is 4.52 Å². The lowest BCUT2D eigenvalue weighted by Gasteiger charge is -1.97. The fourth-order valence-electron chi connectivity index (χ4n) is 1.32. The van der Waals surface area contributed by atoms with Crippen LogP contribution in [0.1, 0.15) is 11.3 Å². The summed E-state index contributed by atoms with van der Waals surface area (Å²) in [4.78, 5) is 0. The summed E-state index contributed by atoms with van der Waals surface area (Å²) in [6.45, 7) is 3.89. The number of hydrogen-bond acceptors (Lipinski definition) is 2. The standard InChI is InChI=1S/C11H10ClNO/c1-7-8(2)14-13-11(7)9-4-3-5-10(12)6-9/h3-6H,1-2H3. The molecule has 0 aliphatic heterocycles. The molecule has 0 amide bonds. The van der Waals surface area contributed by atoms with Crippen LogP contribution < -0.4 is 0 Å². The van der Waals surface area contributed by atoms with E-state index in [0.717, 1.165) is 22.6 Å². The van der Waals surface area contributed by atoms with Gasteiger partial charge in [-0.3, -0.25) is 0 Å². The molecule has 1 aromatic heterocycles. The molecule has 0 saturated heterocycles. The van der Waals surface area contributed by atoms with Crippen molar-refractivity contribution in [1.29, 1.82) is 0 Å². The number of aryl methyl sites for hydroxylation is 1. The first kappa shape index (κ1) is 9.28. The fraction of sp³-hybridized carbons (Fsp3) is 0.182. The lowest BCUT2D eigenvalue weighted by atomic mass is 10.1. The Morgan fingerprint density at radius 1 is 1.29 bits per heavy atom. The van der Waals surface area contributed by atoms with Gasteiger partial charge < -0.3 is 4.52 Å². The van der Waals surface area contributed by atoms with E-state index in [-0.39, 0.29) is 0 Å². The lowest BCUT2D eigenvalue weighted by molar-refractivity contribution is 0.398. The predicted molar refractivity (Wildman–Crippen MR) is 56.4 cm³/mol. The molecule has 72 valence electrons. The van der Waals surface area contributed by atoms with Crippen LogP contribution >= 0.6 is 11.6 Å². The largest absolute Gasteiger partial charge is 0.361 e. The number of nitrogens with zero attached hydrogens (tertiary/aromatic N) is 1. The van der Waals surface area contributed by atoms with Gasteiger partial charge in [0, 0.05) is 16.1 Å². The third-order valence-corrected chi connectivity index (χ3v) is 2.49. The summed E-state index contributed by atoms with van der Waals surface area (Å²) in [6, 6.07) is 7.59. The minimum atomic E-state index is 0.711. The van der Waals surface area contributed by atoms with E-state index in [1.54, 1.807) is 0 Å². The summed E-state index contributed by atoms with van der Waals surface area (Å²) in [5.41, 5.74) is 2.92. The Morgan fingerprint density at radius 2 is 2.07 bits per heavy atom. The molecule has 0 saturated carbocycles. The van der Waals surface area contributed by atoms with Gasteiger partial charge in [0.1, 0.15) is 11.5 Å². The molecule has 0 unspecified atom stereocenters. The summed E-state index contributed by atoms with van der Waals surface area (Å²) in [5, 5.41) is 4.70. The second-order valence-corrected chi connectivity index (χ2v) is 3.66. The molecule has 0 N–H and O–H groups in total. The van der Waals surface area contributed by atoms with Crippen molar-refractivity contribution in [2.24, 2.45) is 0 Å². The maximum absolute atomic E-state index is 5.90. The van der Waals surface area contributed by atoms with Crippen LogP contribution in [0, 0.1) is 13.8 Å². The summed E-state index contributed by atoms with van der Waals surface area (Å²) in [7, 11) is 0. The molecule has 0 radical (unpaired) electrons. The molecule has 0 spiro atoms. The van der Waals surface area contributed by atoms with Gasteiger partial charge in [-0.05, 0) is 26.0 Å². The lowest BCUT2D eigenvalue weighted by Crippen LogP contribution is -1.80. The van der Waals surface area contributed by atoms with Gasteiger partial charge in [0.25, 0.3) is 0 Å². The average molecular weight is 208 g/mol. The Labute approximate surface area is 87.5 Å². The van der Waals surface area contributed by atoms with E-state index in [2.05, 4.69) is 5.16 Å². The van der Waals surface area contributed by atoms with E-state index < -0.39 is 0 Å². The minimum Gasteiger partial charge on any atom is -0.361 e. The maximum Gasteiger partial charge on any atom is 0.137 e. The highest BCUT2D eigenvalue weighted by Gasteiger charge is 2.09. The molecule has 2 rings (SSSR count). The Morgan fingerprint density at radius 3 is 2.64 bits per heavy atom. The average Bonchev–Trinajstić information content (AvgIpc) is 2.48. The topological polar surface area (TPSA) is 26.0 Å². The van der Waals surface area contributed by atoms with Crippen LogP contribution in [0.15, 0.2) is 28.8 Å². The molecule has 0 aliphatic rings. The Kier molecular flexibility index (Phi) is 2.30. The third kappa shape index (κ3) is 1.53. The van der Waals surface area contributed by atoms with E-state index in [4.69, 9.17) is 16.1 Å². The molecule has 0 aliphatic carbocycles. The van der Waals surface area contributed by atoms with Gasteiger partial charge in [0.05, 0.1) is 0 Å². The zero-order valence-electron chi connectivity index (χ0n) is 8.04. The summed E-state index contributed by atoms with van der Waals surface area (Å²) >= 11 is 5.90. The highest BCUT2D eigenvalue weighted by Crippen LogP contribution is 2.26. The molecule has 1 heterocycles. The van der Waals surface area contributed by atoms with Crippen molar-refractivity contribution in [3.05, 3.63) is 40.6 Å². The van der Waals surface area contributed by atoms with Gasteiger partial charge >= 0.3 is 0 Å². The molecular formula is C11H10ClNO. The van der Waals surface area contributed by atoms with Crippen molar-refractivity contribution in [1.82, 2.24) is 5.16 Å². The number of benzene rings is 1. The quantitative estimate of drug-likeness (QED) is 0.714. The van der Waals surface area contributed by atoms with E-state index in [9.17, 15) is 0 Å². The van der Waals surface area contributed by atoms with Gasteiger partial charge in [0.15, 0.2) is 0 Å². The highest BCUT2D eigenvalue weighted by molar-refractivity contribution is 6.30. The Bertz CT molecular complexity index is 462. The van der Waals surface area contributed by atoms with Crippen LogP contribution in [0.2, 0.25) is 5.02 Å². The van der Waals surface area contributed by atoms with Crippen molar-refractivity contribution in [3.8, 4) is 11.3 Å². The van der Waals surface area contributed by atoms with E-state index in [0.29, 0.717) is 5.02 Å². The van der Waals surface area contributed by atoms with Crippen LogP contribution in [-0.2, 0) is 0 Å². The first-order chi connectivity index (χ1) is 6.68. The molecule has 14 heavy (non-hydrogen) atoms. The van der Waals surface area contributed by atoms with Crippen LogP contribution in [-0.4, -0.2) is 5.16 Å². The number of halogens is 1. The molecule has 3 heteroatoms. The van der Waals surface area contributed by atoms with Gasteiger partial charge in [-0.1, -0.05) is 28.9 Å². The van der Waals surface area contributed by atoms with Gasteiger partial charge in [-0.15, -0.1) is 0 Å². The molecule has 2 nitrogen and oxygen atoms in total. The second kappa shape index (κ2) is 3.46. The smallest absolute Gasteiger partial charge is 0.137 e. The second-order valence-electron chi connectivity index (χ2n) is 3.22. The van der Waals surface area contributed by atoms with Crippen molar-refractivity contribution in [2.75, 3.05) is 0 Å². The monoisotopic (exact) mass is 207 g/mol. The molecule has 0 bridgehead atoms. The zero-order valence-corrected chi connectivity index (χ0v) is 8.80. The van der Waals surface area contributed by atoms with Crippen molar-refractivity contribution >= 4 is 11.6 Å². The van der Waals surface area contributed by atoms with Crippen LogP contribution in [0.5, 0.6) is 0 Å². The van der Waals surface area contributed by atoms with E-state index >= 15 is 0 Å². The molecule has 0 fully saturated rings. The third-order valence-electron chi connectivity index (χ3n) is 2.26. The maximum atomic E-state index is 5.90. The predicted octanol–water partition coefficient (Wildman–Crippen LogP) is 3.61. The molecule has 0 atom stereocenters. The first-order valence-electron chi connectivity index (χ1n) is 4.37. The highest BCUT2D eigenvalue weighted by atomic mass is 35.5. The summed E-state index contributed by atoms with van der Waals surface area (Å²) in [5.74, 6) is 0.847. The molecule has 2 aromatic rings. The Balaban J connectivity index is 2.55. The van der Waals surface area contributed by atoms with Crippen molar-refractivity contribution in [2.45, 2.75) is 13.8 Å². The number of aromatic nitrogens is 1. The minimum absolute atomic E-state index is 0.711. The normalized spacial score (nSPS) is 10.5. The van der Waals surface area contributed by atoms with Crippen molar-refractivity contribution in [3.63, 3.8) is 0 Å². The van der Waals surface area contributed by atoms with E-state index in [1.807, 2.05) is 38.1 Å². The number of rotatable bonds is 1. The fourth-order valence-corrected chi connectivity index (χ4v) is 1.51. The first-order valence-corrected chi connectivity index (χ1v) is 4.75. The molecular weight excluding hydrogens is 198 g/mol. The Hall–Kier alpha value is -1.28. The van der Waals surface area contributed by atoms with Gasteiger partial charge in [-0.2, -0.15) is 0 Å². The van der Waals surface area contributed by atoms with Crippen LogP contribution in [0.3, 0.4) is 0 Å². The number of hydrogen-bond donors (Lipinski definition) is 0. The zero-order chi connectivity index (χ0) is 10.1. The van der Waals surface area contributed by atoms with Crippen LogP contribution in [0.4, 0.5) is 0 Å². The summed E-state index contributed by atoms with van der Waals surface area (Å²) < 4.78 is 5.10. The van der Waals surface area contributed by atoms with Gasteiger partial charge in [0.2, 0.25) is 0 Å². The summed E-state index contributed by atoms with van der Waals surface area (Å²) in [6.07, 6.45) is 0. The molecule has 1 aromatic carbocycles. The van der Waals surface area contributed by atoms with Gasteiger partial charge in [-0.25, -0.2) is 0 Å². The SMILES string of the molecule is Cc1onc(-c2cccc(Cl)c2)c1C. The van der Waals surface area contributed by atoms with E-state index in [1.165, 1.54) is 0 Å².